The van der Waals surface area contributed by atoms with E-state index in [9.17, 15) is 4.79 Å². The van der Waals surface area contributed by atoms with E-state index in [0.717, 1.165) is 31.4 Å². The van der Waals surface area contributed by atoms with Crippen molar-refractivity contribution >= 4 is 16.8 Å². The Morgan fingerprint density at radius 1 is 1.12 bits per heavy atom. The molecule has 24 heavy (non-hydrogen) atoms. The summed E-state index contributed by atoms with van der Waals surface area (Å²) in [7, 11) is 0. The number of nitrogens with one attached hydrogen (secondary N) is 1. The van der Waals surface area contributed by atoms with Crippen molar-refractivity contribution in [3.05, 3.63) is 36.0 Å². The third kappa shape index (κ3) is 3.20. The van der Waals surface area contributed by atoms with E-state index < -0.39 is 0 Å². The van der Waals surface area contributed by atoms with Gasteiger partial charge in [0.25, 0.3) is 0 Å². The molecule has 128 valence electrons. The van der Waals surface area contributed by atoms with Gasteiger partial charge in [0, 0.05) is 42.7 Å². The molecule has 0 radical (unpaired) electrons. The summed E-state index contributed by atoms with van der Waals surface area (Å²) in [5.74, 6) is 0.335. The van der Waals surface area contributed by atoms with Crippen LogP contribution in [-0.4, -0.2) is 52.9 Å². The standard InChI is InChI=1S/C20H27N3O/c24-20(10-9-16-14-21-19-8-2-1-7-18(16)19)23-13-5-6-17(23)15-22-11-3-4-12-22/h1-2,7-8,14,17,21H,3-6,9-13,15H2. The van der Waals surface area contributed by atoms with Crippen LogP contribution in [0.3, 0.4) is 0 Å². The van der Waals surface area contributed by atoms with Gasteiger partial charge in [-0.05, 0) is 56.8 Å². The molecule has 2 saturated heterocycles. The van der Waals surface area contributed by atoms with Crippen molar-refractivity contribution in [1.29, 1.82) is 0 Å². The molecule has 1 aromatic heterocycles. The number of carbonyl (C=O) groups is 1. The van der Waals surface area contributed by atoms with Crippen molar-refractivity contribution in [3.63, 3.8) is 0 Å². The first-order valence-corrected chi connectivity index (χ1v) is 9.38. The Hall–Kier alpha value is -1.81. The highest BCUT2D eigenvalue weighted by Gasteiger charge is 2.30. The number of aryl methyl sites for hydroxylation is 1. The van der Waals surface area contributed by atoms with Gasteiger partial charge in [-0.25, -0.2) is 0 Å². The number of likely N-dealkylation sites (tertiary alicyclic amines) is 2. The Kier molecular flexibility index (Phi) is 4.56. The monoisotopic (exact) mass is 325 g/mol. The topological polar surface area (TPSA) is 39.3 Å². The summed E-state index contributed by atoms with van der Waals surface area (Å²) in [5.41, 5.74) is 2.42. The number of benzene rings is 1. The van der Waals surface area contributed by atoms with Crippen LogP contribution in [0.4, 0.5) is 0 Å². The predicted octanol–water partition coefficient (Wildman–Crippen LogP) is 3.19. The summed E-state index contributed by atoms with van der Waals surface area (Å²) in [6.45, 7) is 4.46. The summed E-state index contributed by atoms with van der Waals surface area (Å²) in [5, 5.41) is 1.25. The number of nitrogens with zero attached hydrogens (tertiary/aromatic N) is 2. The van der Waals surface area contributed by atoms with Crippen LogP contribution in [0.25, 0.3) is 10.9 Å². The molecule has 1 unspecified atom stereocenters. The summed E-state index contributed by atoms with van der Waals surface area (Å²) < 4.78 is 0. The van der Waals surface area contributed by atoms with E-state index in [0.29, 0.717) is 18.4 Å². The second kappa shape index (κ2) is 6.98. The number of rotatable bonds is 5. The van der Waals surface area contributed by atoms with Gasteiger partial charge in [-0.15, -0.1) is 0 Å². The first-order valence-electron chi connectivity index (χ1n) is 9.38. The fourth-order valence-electron chi connectivity index (χ4n) is 4.34. The number of hydrogen-bond acceptors (Lipinski definition) is 2. The fraction of sp³-hybridized carbons (Fsp3) is 0.550. The van der Waals surface area contributed by atoms with Gasteiger partial charge in [0.05, 0.1) is 0 Å². The Morgan fingerprint density at radius 3 is 2.83 bits per heavy atom. The normalized spacial score (nSPS) is 21.8. The van der Waals surface area contributed by atoms with Crippen molar-refractivity contribution < 1.29 is 4.79 Å². The zero-order valence-electron chi connectivity index (χ0n) is 14.3. The molecule has 0 bridgehead atoms. The zero-order chi connectivity index (χ0) is 16.4. The average Bonchev–Trinajstić information content (AvgIpc) is 3.34. The minimum absolute atomic E-state index is 0.335. The summed E-state index contributed by atoms with van der Waals surface area (Å²) in [6, 6.07) is 8.78. The van der Waals surface area contributed by atoms with Gasteiger partial charge in [0.2, 0.25) is 5.91 Å². The average molecular weight is 325 g/mol. The maximum Gasteiger partial charge on any atom is 0.223 e. The third-order valence-electron chi connectivity index (χ3n) is 5.65. The van der Waals surface area contributed by atoms with Crippen molar-refractivity contribution in [3.8, 4) is 0 Å². The summed E-state index contributed by atoms with van der Waals surface area (Å²) in [4.78, 5) is 20.8. The quantitative estimate of drug-likeness (QED) is 0.917. The Morgan fingerprint density at radius 2 is 1.96 bits per heavy atom. The van der Waals surface area contributed by atoms with Gasteiger partial charge in [-0.2, -0.15) is 0 Å². The van der Waals surface area contributed by atoms with Crippen LogP contribution >= 0.6 is 0 Å². The highest BCUT2D eigenvalue weighted by atomic mass is 16.2. The molecular formula is C20H27N3O. The molecule has 1 amide bonds. The van der Waals surface area contributed by atoms with Crippen LogP contribution < -0.4 is 0 Å². The van der Waals surface area contributed by atoms with E-state index >= 15 is 0 Å². The molecule has 1 atom stereocenters. The van der Waals surface area contributed by atoms with Crippen molar-refractivity contribution in [2.75, 3.05) is 26.2 Å². The van der Waals surface area contributed by atoms with Gasteiger partial charge in [-0.3, -0.25) is 4.79 Å². The molecule has 0 saturated carbocycles. The Bertz CT molecular complexity index is 702. The molecule has 4 nitrogen and oxygen atoms in total. The first kappa shape index (κ1) is 15.7. The van der Waals surface area contributed by atoms with Crippen LogP contribution in [-0.2, 0) is 11.2 Å². The lowest BCUT2D eigenvalue weighted by molar-refractivity contribution is -0.132. The highest BCUT2D eigenvalue weighted by molar-refractivity contribution is 5.84. The lowest BCUT2D eigenvalue weighted by Crippen LogP contribution is -2.42. The van der Waals surface area contributed by atoms with Gasteiger partial charge >= 0.3 is 0 Å². The molecule has 1 aromatic carbocycles. The molecule has 0 spiro atoms. The van der Waals surface area contributed by atoms with Crippen LogP contribution in [0.15, 0.2) is 30.5 Å². The van der Waals surface area contributed by atoms with Gasteiger partial charge in [0.1, 0.15) is 0 Å². The minimum atomic E-state index is 0.335. The molecule has 2 aromatic rings. The Balaban J connectivity index is 1.36. The highest BCUT2D eigenvalue weighted by Crippen LogP contribution is 2.23. The van der Waals surface area contributed by atoms with E-state index in [1.54, 1.807) is 0 Å². The lowest BCUT2D eigenvalue weighted by Gasteiger charge is -2.28. The van der Waals surface area contributed by atoms with E-state index in [4.69, 9.17) is 0 Å². The molecule has 1 N–H and O–H groups in total. The first-order chi connectivity index (χ1) is 11.8. The molecule has 4 rings (SSSR count). The van der Waals surface area contributed by atoms with E-state index in [2.05, 4.69) is 39.2 Å². The number of hydrogen-bond donors (Lipinski definition) is 1. The maximum atomic E-state index is 12.8. The number of para-hydroxylation sites is 1. The number of fused-ring (bicyclic) bond motifs is 1. The third-order valence-corrected chi connectivity index (χ3v) is 5.65. The van der Waals surface area contributed by atoms with Crippen molar-refractivity contribution in [1.82, 2.24) is 14.8 Å². The molecule has 2 aliphatic rings. The number of aromatic nitrogens is 1. The molecule has 2 aliphatic heterocycles. The van der Waals surface area contributed by atoms with Crippen LogP contribution in [0, 0.1) is 0 Å². The van der Waals surface area contributed by atoms with Crippen LogP contribution in [0.1, 0.15) is 37.7 Å². The SMILES string of the molecule is O=C(CCc1c[nH]c2ccccc12)N1CCCC1CN1CCCC1. The van der Waals surface area contributed by atoms with Gasteiger partial charge in [-0.1, -0.05) is 18.2 Å². The maximum absolute atomic E-state index is 12.8. The molecule has 2 fully saturated rings. The van der Waals surface area contributed by atoms with Crippen molar-refractivity contribution in [2.24, 2.45) is 0 Å². The fourth-order valence-corrected chi connectivity index (χ4v) is 4.34. The van der Waals surface area contributed by atoms with Crippen LogP contribution in [0.5, 0.6) is 0 Å². The van der Waals surface area contributed by atoms with E-state index in [1.165, 1.54) is 43.3 Å². The van der Waals surface area contributed by atoms with Gasteiger partial charge < -0.3 is 14.8 Å². The largest absolute Gasteiger partial charge is 0.361 e. The lowest BCUT2D eigenvalue weighted by atomic mass is 10.1. The molecule has 0 aliphatic carbocycles. The second-order valence-electron chi connectivity index (χ2n) is 7.25. The van der Waals surface area contributed by atoms with Gasteiger partial charge in [0.15, 0.2) is 0 Å². The summed E-state index contributed by atoms with van der Waals surface area (Å²) >= 11 is 0. The number of H-pyrrole nitrogens is 1. The zero-order valence-corrected chi connectivity index (χ0v) is 14.3. The van der Waals surface area contributed by atoms with E-state index in [1.807, 2.05) is 6.07 Å². The summed E-state index contributed by atoms with van der Waals surface area (Å²) in [6.07, 6.45) is 8.49. The Labute approximate surface area is 143 Å². The number of aromatic amines is 1. The molecule has 3 heterocycles. The molecule has 4 heteroatoms. The van der Waals surface area contributed by atoms with Crippen molar-refractivity contribution in [2.45, 2.75) is 44.6 Å². The van der Waals surface area contributed by atoms with E-state index in [-0.39, 0.29) is 0 Å². The number of amides is 1. The van der Waals surface area contributed by atoms with Crippen LogP contribution in [0.2, 0.25) is 0 Å². The smallest absolute Gasteiger partial charge is 0.223 e. The minimum Gasteiger partial charge on any atom is -0.361 e. The molecular weight excluding hydrogens is 298 g/mol. The number of carbonyl (C=O) groups excluding carboxylic acids is 1. The predicted molar refractivity (Wildman–Crippen MR) is 97.0 cm³/mol. The second-order valence-corrected chi connectivity index (χ2v) is 7.25.